The van der Waals surface area contributed by atoms with E-state index in [2.05, 4.69) is 10.3 Å². The molecule has 0 aliphatic carbocycles. The van der Waals surface area contributed by atoms with Crippen molar-refractivity contribution in [2.75, 3.05) is 13.2 Å². The average Bonchev–Trinajstić information content (AvgIpc) is 3.44. The van der Waals surface area contributed by atoms with E-state index in [4.69, 9.17) is 21.1 Å². The van der Waals surface area contributed by atoms with Gasteiger partial charge < -0.3 is 14.8 Å². The number of carbonyl (C=O) groups excluding carboxylic acids is 1. The highest BCUT2D eigenvalue weighted by Gasteiger charge is 2.18. The van der Waals surface area contributed by atoms with Crippen LogP contribution in [0.3, 0.4) is 0 Å². The summed E-state index contributed by atoms with van der Waals surface area (Å²) >= 11 is 7.35. The minimum atomic E-state index is -0.168. The molecule has 7 heteroatoms. The van der Waals surface area contributed by atoms with Crippen LogP contribution in [0.4, 0.5) is 0 Å². The molecule has 1 aliphatic heterocycles. The third kappa shape index (κ3) is 5.35. The number of aromatic nitrogens is 1. The number of benzene rings is 2. The van der Waals surface area contributed by atoms with Crippen molar-refractivity contribution in [3.63, 3.8) is 0 Å². The molecule has 4 rings (SSSR count). The molecule has 29 heavy (non-hydrogen) atoms. The maximum Gasteiger partial charge on any atom is 0.270 e. The summed E-state index contributed by atoms with van der Waals surface area (Å²) in [5.41, 5.74) is 2.39. The number of nitrogens with one attached hydrogen (secondary N) is 1. The van der Waals surface area contributed by atoms with Crippen molar-refractivity contribution in [2.45, 2.75) is 25.6 Å². The van der Waals surface area contributed by atoms with Gasteiger partial charge in [0.05, 0.1) is 6.10 Å². The largest absolute Gasteiger partial charge is 0.489 e. The van der Waals surface area contributed by atoms with E-state index >= 15 is 0 Å². The average molecular weight is 429 g/mol. The van der Waals surface area contributed by atoms with Crippen molar-refractivity contribution in [1.82, 2.24) is 10.3 Å². The predicted octanol–water partition coefficient (Wildman–Crippen LogP) is 4.95. The Kier molecular flexibility index (Phi) is 6.44. The standard InChI is InChI=1S/C22H21ClN2O3S/c23-17-8-6-15(7-9-17)13-28-18-4-1-3-16(11-18)22-25-20(14-29-22)21(26)24-12-19-5-2-10-27-19/h1,3-4,6-9,11,14,19H,2,5,10,12-13H2,(H,24,26)/t19-/m1/s1. The van der Waals surface area contributed by atoms with Gasteiger partial charge >= 0.3 is 0 Å². The molecule has 2 heterocycles. The molecule has 0 radical (unpaired) electrons. The second-order valence-electron chi connectivity index (χ2n) is 6.83. The lowest BCUT2D eigenvalue weighted by molar-refractivity contribution is 0.0854. The van der Waals surface area contributed by atoms with Gasteiger partial charge in [0.1, 0.15) is 23.1 Å². The van der Waals surface area contributed by atoms with Crippen LogP contribution in [0.1, 0.15) is 28.9 Å². The second-order valence-corrected chi connectivity index (χ2v) is 8.12. The normalized spacial score (nSPS) is 16.0. The molecule has 1 amide bonds. The van der Waals surface area contributed by atoms with Gasteiger partial charge in [-0.2, -0.15) is 0 Å². The fourth-order valence-electron chi connectivity index (χ4n) is 3.08. The van der Waals surface area contributed by atoms with Gasteiger partial charge in [0.15, 0.2) is 0 Å². The fourth-order valence-corrected chi connectivity index (χ4v) is 4.00. The SMILES string of the molecule is O=C(NC[C@H]1CCCO1)c1csc(-c2cccc(OCc3ccc(Cl)cc3)c2)n1. The van der Waals surface area contributed by atoms with E-state index in [1.807, 2.05) is 48.5 Å². The topological polar surface area (TPSA) is 60.5 Å². The number of amides is 1. The molecule has 1 saturated heterocycles. The number of thiazole rings is 1. The van der Waals surface area contributed by atoms with Gasteiger partial charge in [0.2, 0.25) is 0 Å². The molecular weight excluding hydrogens is 408 g/mol. The van der Waals surface area contributed by atoms with Crippen molar-refractivity contribution in [3.8, 4) is 16.3 Å². The van der Waals surface area contributed by atoms with Gasteiger partial charge in [0, 0.05) is 29.1 Å². The van der Waals surface area contributed by atoms with Crippen LogP contribution in [0.25, 0.3) is 10.6 Å². The molecule has 1 fully saturated rings. The third-order valence-corrected chi connectivity index (χ3v) is 5.79. The van der Waals surface area contributed by atoms with Crippen LogP contribution in [-0.4, -0.2) is 30.1 Å². The smallest absolute Gasteiger partial charge is 0.270 e. The molecule has 5 nitrogen and oxygen atoms in total. The summed E-state index contributed by atoms with van der Waals surface area (Å²) in [6, 6.07) is 15.3. The first-order valence-electron chi connectivity index (χ1n) is 9.50. The Morgan fingerprint density at radius 2 is 2.14 bits per heavy atom. The van der Waals surface area contributed by atoms with Crippen molar-refractivity contribution < 1.29 is 14.3 Å². The molecule has 0 saturated carbocycles. The van der Waals surface area contributed by atoms with E-state index in [0.29, 0.717) is 23.9 Å². The van der Waals surface area contributed by atoms with Gasteiger partial charge in [-0.1, -0.05) is 35.9 Å². The number of hydrogen-bond acceptors (Lipinski definition) is 5. The zero-order valence-electron chi connectivity index (χ0n) is 15.8. The molecule has 3 aromatic rings. The molecule has 1 N–H and O–H groups in total. The highest BCUT2D eigenvalue weighted by Crippen LogP contribution is 2.27. The summed E-state index contributed by atoms with van der Waals surface area (Å²) in [6.45, 7) is 1.76. The maximum absolute atomic E-state index is 12.3. The lowest BCUT2D eigenvalue weighted by Gasteiger charge is -2.09. The first-order chi connectivity index (χ1) is 14.2. The quantitative estimate of drug-likeness (QED) is 0.578. The minimum absolute atomic E-state index is 0.117. The van der Waals surface area contributed by atoms with E-state index in [1.54, 1.807) is 5.38 Å². The number of hydrogen-bond donors (Lipinski definition) is 1. The summed E-state index contributed by atoms with van der Waals surface area (Å²) < 4.78 is 11.4. The highest BCUT2D eigenvalue weighted by molar-refractivity contribution is 7.13. The van der Waals surface area contributed by atoms with Crippen LogP contribution in [-0.2, 0) is 11.3 Å². The Bertz CT molecular complexity index is 968. The second kappa shape index (κ2) is 9.39. The Balaban J connectivity index is 1.37. The molecule has 0 unspecified atom stereocenters. The summed E-state index contributed by atoms with van der Waals surface area (Å²) in [4.78, 5) is 16.8. The minimum Gasteiger partial charge on any atom is -0.489 e. The monoisotopic (exact) mass is 428 g/mol. The fraction of sp³-hybridized carbons (Fsp3) is 0.273. The Morgan fingerprint density at radius 1 is 1.28 bits per heavy atom. The van der Waals surface area contributed by atoms with Crippen LogP contribution in [0.2, 0.25) is 5.02 Å². The van der Waals surface area contributed by atoms with Gasteiger partial charge in [-0.3, -0.25) is 4.79 Å². The van der Waals surface area contributed by atoms with E-state index in [-0.39, 0.29) is 12.0 Å². The third-order valence-electron chi connectivity index (χ3n) is 4.65. The number of halogens is 1. The van der Waals surface area contributed by atoms with Crippen LogP contribution in [0.5, 0.6) is 5.75 Å². The lowest BCUT2D eigenvalue weighted by Crippen LogP contribution is -2.31. The van der Waals surface area contributed by atoms with Gasteiger partial charge in [-0.05, 0) is 42.7 Å². The number of ether oxygens (including phenoxy) is 2. The van der Waals surface area contributed by atoms with Crippen molar-refractivity contribution in [3.05, 3.63) is 70.2 Å². The van der Waals surface area contributed by atoms with Crippen LogP contribution in [0, 0.1) is 0 Å². The Labute approximate surface area is 178 Å². The van der Waals surface area contributed by atoms with Crippen molar-refractivity contribution in [2.24, 2.45) is 0 Å². The van der Waals surface area contributed by atoms with Gasteiger partial charge in [-0.15, -0.1) is 11.3 Å². The number of rotatable bonds is 7. The van der Waals surface area contributed by atoms with Gasteiger partial charge in [0.25, 0.3) is 5.91 Å². The van der Waals surface area contributed by atoms with Crippen LogP contribution < -0.4 is 10.1 Å². The molecular formula is C22H21ClN2O3S. The van der Waals surface area contributed by atoms with Gasteiger partial charge in [-0.25, -0.2) is 4.98 Å². The summed E-state index contributed by atoms with van der Waals surface area (Å²) in [6.07, 6.45) is 2.16. The predicted molar refractivity (Wildman–Crippen MR) is 115 cm³/mol. The zero-order chi connectivity index (χ0) is 20.1. The Morgan fingerprint density at radius 3 is 2.93 bits per heavy atom. The Hall–Kier alpha value is -2.41. The first-order valence-corrected chi connectivity index (χ1v) is 10.8. The van der Waals surface area contributed by atoms with E-state index < -0.39 is 0 Å². The van der Waals surface area contributed by atoms with Crippen LogP contribution in [0.15, 0.2) is 53.9 Å². The maximum atomic E-state index is 12.3. The highest BCUT2D eigenvalue weighted by atomic mass is 35.5. The van der Waals surface area contributed by atoms with Crippen molar-refractivity contribution in [1.29, 1.82) is 0 Å². The lowest BCUT2D eigenvalue weighted by atomic mass is 10.2. The zero-order valence-corrected chi connectivity index (χ0v) is 17.3. The van der Waals surface area contributed by atoms with E-state index in [1.165, 1.54) is 11.3 Å². The van der Waals surface area contributed by atoms with E-state index in [9.17, 15) is 4.79 Å². The van der Waals surface area contributed by atoms with Crippen LogP contribution >= 0.6 is 22.9 Å². The summed E-state index contributed by atoms with van der Waals surface area (Å²) in [5, 5.41) is 6.17. The van der Waals surface area contributed by atoms with Crippen molar-refractivity contribution >= 4 is 28.8 Å². The molecule has 0 bridgehead atoms. The summed E-state index contributed by atoms with van der Waals surface area (Å²) in [5.74, 6) is 0.579. The molecule has 150 valence electrons. The number of nitrogens with zero attached hydrogens (tertiary/aromatic N) is 1. The first kappa shape index (κ1) is 19.9. The molecule has 1 aliphatic rings. The molecule has 1 atom stereocenters. The molecule has 0 spiro atoms. The molecule has 2 aromatic carbocycles. The molecule has 1 aromatic heterocycles. The number of carbonyl (C=O) groups is 1. The van der Waals surface area contributed by atoms with E-state index in [0.717, 1.165) is 41.3 Å². The summed E-state index contributed by atoms with van der Waals surface area (Å²) in [7, 11) is 0.